The molecule has 1 aromatic carbocycles. The first-order chi connectivity index (χ1) is 7.11. The van der Waals surface area contributed by atoms with Crippen LogP contribution < -0.4 is 10.1 Å². The molecule has 82 valence electrons. The number of nitrogens with one attached hydrogen (secondary N) is 1. The van der Waals surface area contributed by atoms with Gasteiger partial charge in [-0.25, -0.2) is 4.39 Å². The van der Waals surface area contributed by atoms with Gasteiger partial charge in [-0.3, -0.25) is 4.79 Å². The Morgan fingerprint density at radius 1 is 1.53 bits per heavy atom. The second-order valence-corrected chi connectivity index (χ2v) is 3.23. The molecule has 0 spiro atoms. The third kappa shape index (κ3) is 2.33. The Kier molecular flexibility index (Phi) is 3.80. The van der Waals surface area contributed by atoms with Crippen molar-refractivity contribution in [3.05, 3.63) is 29.1 Å². The minimum Gasteiger partial charge on any atom is -0.493 e. The van der Waals surface area contributed by atoms with Crippen molar-refractivity contribution in [2.24, 2.45) is 0 Å². The zero-order valence-electron chi connectivity index (χ0n) is 9.06. The number of hydrogen-bond donors (Lipinski definition) is 1. The van der Waals surface area contributed by atoms with Crippen molar-refractivity contribution in [2.45, 2.75) is 6.92 Å². The lowest BCUT2D eigenvalue weighted by atomic mass is 10.0. The molecule has 0 aliphatic carbocycles. The van der Waals surface area contributed by atoms with E-state index in [0.29, 0.717) is 11.1 Å². The molecule has 0 unspecified atom stereocenters. The minimum absolute atomic E-state index is 0.0234. The lowest BCUT2D eigenvalue weighted by Crippen LogP contribution is -2.20. The van der Waals surface area contributed by atoms with E-state index in [0.717, 1.165) is 0 Å². The first-order valence-electron chi connectivity index (χ1n) is 4.62. The van der Waals surface area contributed by atoms with Crippen LogP contribution in [-0.2, 0) is 0 Å². The number of carbonyl (C=O) groups is 1. The van der Waals surface area contributed by atoms with Crippen LogP contribution in [0.15, 0.2) is 12.1 Å². The van der Waals surface area contributed by atoms with Crippen molar-refractivity contribution in [1.82, 2.24) is 5.32 Å². The van der Waals surface area contributed by atoms with E-state index in [9.17, 15) is 9.18 Å². The molecule has 0 saturated heterocycles. The Morgan fingerprint density at radius 2 is 2.20 bits per heavy atom. The highest BCUT2D eigenvalue weighted by Crippen LogP contribution is 2.25. The molecule has 0 aromatic heterocycles. The Bertz CT molecular complexity index is 377. The molecule has 0 radical (unpaired) electrons. The van der Waals surface area contributed by atoms with E-state index in [1.807, 2.05) is 0 Å². The van der Waals surface area contributed by atoms with Crippen LogP contribution in [0.3, 0.4) is 0 Å². The number of ketones is 1. The van der Waals surface area contributed by atoms with Gasteiger partial charge in [-0.05, 0) is 25.6 Å². The molecule has 0 saturated carbocycles. The SMILES string of the molecule is CNCC(=O)c1c(C)ccc(F)c1OC. The Morgan fingerprint density at radius 3 is 2.73 bits per heavy atom. The molecular weight excluding hydrogens is 197 g/mol. The van der Waals surface area contributed by atoms with Crippen molar-refractivity contribution in [3.8, 4) is 5.75 Å². The first-order valence-corrected chi connectivity index (χ1v) is 4.62. The van der Waals surface area contributed by atoms with Gasteiger partial charge < -0.3 is 10.1 Å². The highest BCUT2D eigenvalue weighted by Gasteiger charge is 2.17. The fourth-order valence-corrected chi connectivity index (χ4v) is 1.45. The lowest BCUT2D eigenvalue weighted by Gasteiger charge is -2.11. The van der Waals surface area contributed by atoms with Gasteiger partial charge in [-0.2, -0.15) is 0 Å². The van der Waals surface area contributed by atoms with Crippen LogP contribution in [0.4, 0.5) is 4.39 Å². The summed E-state index contributed by atoms with van der Waals surface area (Å²) in [6.45, 7) is 1.92. The Hall–Kier alpha value is -1.42. The highest BCUT2D eigenvalue weighted by molar-refractivity contribution is 6.01. The first kappa shape index (κ1) is 11.7. The molecule has 0 fully saturated rings. The average molecular weight is 211 g/mol. The molecule has 0 aliphatic rings. The lowest BCUT2D eigenvalue weighted by molar-refractivity contribution is 0.0989. The number of halogens is 1. The normalized spacial score (nSPS) is 10.1. The van der Waals surface area contributed by atoms with Crippen molar-refractivity contribution in [3.63, 3.8) is 0 Å². The summed E-state index contributed by atoms with van der Waals surface area (Å²) in [6.07, 6.45) is 0. The van der Waals surface area contributed by atoms with E-state index >= 15 is 0 Å². The van der Waals surface area contributed by atoms with Gasteiger partial charge in [0.1, 0.15) is 0 Å². The molecule has 1 N–H and O–H groups in total. The number of rotatable bonds is 4. The summed E-state index contributed by atoms with van der Waals surface area (Å²) < 4.78 is 18.2. The Labute approximate surface area is 88.2 Å². The molecule has 15 heavy (non-hydrogen) atoms. The maximum Gasteiger partial charge on any atom is 0.180 e. The maximum absolute atomic E-state index is 13.3. The fourth-order valence-electron chi connectivity index (χ4n) is 1.45. The van der Waals surface area contributed by atoms with Gasteiger partial charge in [0.05, 0.1) is 19.2 Å². The molecule has 0 bridgehead atoms. The van der Waals surface area contributed by atoms with Crippen LogP contribution in [0.25, 0.3) is 0 Å². The summed E-state index contributed by atoms with van der Waals surface area (Å²) in [4.78, 5) is 11.7. The highest BCUT2D eigenvalue weighted by atomic mass is 19.1. The van der Waals surface area contributed by atoms with Gasteiger partial charge in [-0.1, -0.05) is 6.07 Å². The molecule has 0 amide bonds. The smallest absolute Gasteiger partial charge is 0.180 e. The summed E-state index contributed by atoms with van der Waals surface area (Å²) in [5, 5.41) is 2.74. The summed E-state index contributed by atoms with van der Waals surface area (Å²) in [5.41, 5.74) is 1.03. The van der Waals surface area contributed by atoms with E-state index in [-0.39, 0.29) is 18.1 Å². The van der Waals surface area contributed by atoms with Gasteiger partial charge in [0.15, 0.2) is 17.3 Å². The number of benzene rings is 1. The summed E-state index contributed by atoms with van der Waals surface area (Å²) in [7, 11) is 3.02. The average Bonchev–Trinajstić information content (AvgIpc) is 2.21. The third-order valence-corrected chi connectivity index (χ3v) is 2.14. The number of methoxy groups -OCH3 is 1. The van der Waals surface area contributed by atoms with Crippen LogP contribution in [0.5, 0.6) is 5.75 Å². The summed E-state index contributed by atoms with van der Waals surface area (Å²) in [6, 6.07) is 2.87. The van der Waals surface area contributed by atoms with Crippen molar-refractivity contribution >= 4 is 5.78 Å². The van der Waals surface area contributed by atoms with Gasteiger partial charge in [0.25, 0.3) is 0 Å². The summed E-state index contributed by atoms with van der Waals surface area (Å²) in [5.74, 6) is -0.663. The molecule has 3 nitrogen and oxygen atoms in total. The quantitative estimate of drug-likeness (QED) is 0.768. The van der Waals surface area contributed by atoms with Crippen LogP contribution in [0.2, 0.25) is 0 Å². The standard InChI is InChI=1S/C11H14FNO2/c1-7-4-5-8(12)11(15-3)10(7)9(14)6-13-2/h4-5,13H,6H2,1-3H3. The fraction of sp³-hybridized carbons (Fsp3) is 0.364. The van der Waals surface area contributed by atoms with Crippen molar-refractivity contribution in [1.29, 1.82) is 0 Å². The zero-order chi connectivity index (χ0) is 11.4. The Balaban J connectivity index is 3.24. The van der Waals surface area contributed by atoms with E-state index < -0.39 is 5.82 Å². The van der Waals surface area contributed by atoms with Crippen LogP contribution >= 0.6 is 0 Å². The van der Waals surface area contributed by atoms with Crippen molar-refractivity contribution in [2.75, 3.05) is 20.7 Å². The molecule has 0 aliphatic heterocycles. The van der Waals surface area contributed by atoms with Crippen LogP contribution in [-0.4, -0.2) is 26.5 Å². The zero-order valence-corrected chi connectivity index (χ0v) is 9.06. The maximum atomic E-state index is 13.3. The van der Waals surface area contributed by atoms with Gasteiger partial charge in [-0.15, -0.1) is 0 Å². The van der Waals surface area contributed by atoms with Crippen molar-refractivity contribution < 1.29 is 13.9 Å². The number of ether oxygens (including phenoxy) is 1. The molecule has 0 heterocycles. The largest absolute Gasteiger partial charge is 0.493 e. The van der Waals surface area contributed by atoms with E-state index in [1.165, 1.54) is 13.2 Å². The predicted octanol–water partition coefficient (Wildman–Crippen LogP) is 1.54. The number of hydrogen-bond acceptors (Lipinski definition) is 3. The number of Topliss-reactive ketones (excluding diaryl/α,β-unsaturated/α-hetero) is 1. The third-order valence-electron chi connectivity index (χ3n) is 2.14. The second kappa shape index (κ2) is 4.89. The number of likely N-dealkylation sites (N-methyl/N-ethyl adjacent to an activating group) is 1. The predicted molar refractivity (Wildman–Crippen MR) is 55.9 cm³/mol. The van der Waals surface area contributed by atoms with Gasteiger partial charge in [0.2, 0.25) is 0 Å². The molecule has 4 heteroatoms. The molecule has 1 aromatic rings. The second-order valence-electron chi connectivity index (χ2n) is 3.23. The monoisotopic (exact) mass is 211 g/mol. The van der Waals surface area contributed by atoms with Gasteiger partial charge in [0, 0.05) is 0 Å². The van der Waals surface area contributed by atoms with E-state index in [2.05, 4.69) is 5.32 Å². The van der Waals surface area contributed by atoms with Crippen LogP contribution in [0, 0.1) is 12.7 Å². The van der Waals surface area contributed by atoms with Crippen LogP contribution in [0.1, 0.15) is 15.9 Å². The molecular formula is C11H14FNO2. The topological polar surface area (TPSA) is 38.3 Å². The van der Waals surface area contributed by atoms with Gasteiger partial charge >= 0.3 is 0 Å². The van der Waals surface area contributed by atoms with E-state index in [4.69, 9.17) is 4.74 Å². The minimum atomic E-state index is -0.512. The van der Waals surface area contributed by atoms with E-state index in [1.54, 1.807) is 20.0 Å². The number of carbonyl (C=O) groups excluding carboxylic acids is 1. The number of aryl methyl sites for hydroxylation is 1. The summed E-state index contributed by atoms with van der Waals surface area (Å²) >= 11 is 0. The molecule has 0 atom stereocenters. The molecule has 1 rings (SSSR count).